The number of anilines is 2. The van der Waals surface area contributed by atoms with Gasteiger partial charge in [-0.2, -0.15) is 0 Å². The highest BCUT2D eigenvalue weighted by Crippen LogP contribution is 2.43. The molecule has 2 heterocycles. The molecule has 0 atom stereocenters. The van der Waals surface area contributed by atoms with Crippen LogP contribution in [-0.4, -0.2) is 38.2 Å². The van der Waals surface area contributed by atoms with Crippen molar-refractivity contribution in [3.63, 3.8) is 0 Å². The number of hydrogen-bond donors (Lipinski definition) is 0. The fourth-order valence-electron chi connectivity index (χ4n) is 2.57. The summed E-state index contributed by atoms with van der Waals surface area (Å²) in [6.07, 6.45) is 1.75. The number of benzene rings is 1. The van der Waals surface area contributed by atoms with Gasteiger partial charge in [-0.05, 0) is 12.1 Å². The molecular weight excluding hydrogens is 319 g/mol. The van der Waals surface area contributed by atoms with Crippen LogP contribution >= 0.6 is 23.2 Å². The van der Waals surface area contributed by atoms with Gasteiger partial charge in [-0.15, -0.1) is 0 Å². The molecule has 0 N–H and O–H groups in total. The standard InChI is InChI=1S/C16H16Cl2N4/c1-21(2)15-12(18)11-10(17)8-9-6-5-7-19-13(9)14(11)20-16(15)22(3)4/h5-8H,1-4H3. The van der Waals surface area contributed by atoms with Crippen molar-refractivity contribution in [2.24, 2.45) is 0 Å². The molecule has 0 bridgehead atoms. The van der Waals surface area contributed by atoms with Crippen LogP contribution < -0.4 is 9.80 Å². The number of halogens is 2. The second kappa shape index (κ2) is 5.45. The molecule has 0 saturated heterocycles. The topological polar surface area (TPSA) is 32.3 Å². The largest absolute Gasteiger partial charge is 0.373 e. The molecule has 0 radical (unpaired) electrons. The number of pyridine rings is 2. The lowest BCUT2D eigenvalue weighted by Gasteiger charge is -2.24. The Kier molecular flexibility index (Phi) is 3.75. The molecule has 3 rings (SSSR count). The molecule has 1 aromatic carbocycles. The average molecular weight is 335 g/mol. The van der Waals surface area contributed by atoms with Crippen LogP contribution in [0.2, 0.25) is 10.0 Å². The second-order valence-corrected chi connectivity index (χ2v) is 6.33. The molecule has 6 heteroatoms. The van der Waals surface area contributed by atoms with Crippen LogP contribution in [0.4, 0.5) is 11.5 Å². The summed E-state index contributed by atoms with van der Waals surface area (Å²) >= 11 is 13.1. The number of fused-ring (bicyclic) bond motifs is 3. The van der Waals surface area contributed by atoms with Crippen LogP contribution in [-0.2, 0) is 0 Å². The van der Waals surface area contributed by atoms with Crippen LogP contribution in [0.5, 0.6) is 0 Å². The molecule has 114 valence electrons. The lowest BCUT2D eigenvalue weighted by molar-refractivity contribution is 1.04. The first-order valence-corrected chi connectivity index (χ1v) is 7.58. The van der Waals surface area contributed by atoms with Gasteiger partial charge in [0.25, 0.3) is 0 Å². The monoisotopic (exact) mass is 334 g/mol. The third-order valence-corrected chi connectivity index (χ3v) is 4.21. The predicted molar refractivity (Wildman–Crippen MR) is 95.7 cm³/mol. The van der Waals surface area contributed by atoms with Gasteiger partial charge >= 0.3 is 0 Å². The quantitative estimate of drug-likeness (QED) is 0.657. The first-order chi connectivity index (χ1) is 10.4. The molecular formula is C16H16Cl2N4. The van der Waals surface area contributed by atoms with E-state index in [1.165, 1.54) is 0 Å². The maximum Gasteiger partial charge on any atom is 0.154 e. The van der Waals surface area contributed by atoms with Gasteiger partial charge in [-0.25, -0.2) is 4.98 Å². The SMILES string of the molecule is CN(C)c1nc2c(c(Cl)cc3cccnc32)c(Cl)c1N(C)C. The van der Waals surface area contributed by atoms with Crippen molar-refractivity contribution in [3.05, 3.63) is 34.4 Å². The van der Waals surface area contributed by atoms with Crippen molar-refractivity contribution < 1.29 is 0 Å². The summed E-state index contributed by atoms with van der Waals surface area (Å²) in [6.45, 7) is 0. The second-order valence-electron chi connectivity index (χ2n) is 5.54. The molecule has 3 aromatic rings. The molecule has 0 fully saturated rings. The summed E-state index contributed by atoms with van der Waals surface area (Å²) in [5.74, 6) is 0.789. The first kappa shape index (κ1) is 15.1. The van der Waals surface area contributed by atoms with E-state index >= 15 is 0 Å². The summed E-state index contributed by atoms with van der Waals surface area (Å²) in [6, 6.07) is 5.74. The molecule has 0 aliphatic rings. The van der Waals surface area contributed by atoms with Crippen LogP contribution in [0.3, 0.4) is 0 Å². The average Bonchev–Trinajstić information content (AvgIpc) is 2.45. The van der Waals surface area contributed by atoms with E-state index in [-0.39, 0.29) is 0 Å². The molecule has 0 unspecified atom stereocenters. The van der Waals surface area contributed by atoms with Crippen molar-refractivity contribution in [2.45, 2.75) is 0 Å². The summed E-state index contributed by atoms with van der Waals surface area (Å²) in [4.78, 5) is 13.1. The molecule has 0 aliphatic heterocycles. The Balaban J connectivity index is 2.56. The molecule has 0 amide bonds. The minimum absolute atomic E-state index is 0.585. The first-order valence-electron chi connectivity index (χ1n) is 6.83. The predicted octanol–water partition coefficient (Wildman–Crippen LogP) is 4.22. The summed E-state index contributed by atoms with van der Waals surface area (Å²) in [5.41, 5.74) is 2.37. The van der Waals surface area contributed by atoms with Gasteiger partial charge in [0.2, 0.25) is 0 Å². The molecule has 22 heavy (non-hydrogen) atoms. The van der Waals surface area contributed by atoms with Crippen molar-refractivity contribution in [1.82, 2.24) is 9.97 Å². The van der Waals surface area contributed by atoms with E-state index in [0.717, 1.165) is 33.3 Å². The highest BCUT2D eigenvalue weighted by atomic mass is 35.5. The van der Waals surface area contributed by atoms with Crippen LogP contribution in [0.1, 0.15) is 0 Å². The van der Waals surface area contributed by atoms with E-state index in [9.17, 15) is 0 Å². The fraction of sp³-hybridized carbons (Fsp3) is 0.250. The van der Waals surface area contributed by atoms with Gasteiger partial charge in [0.1, 0.15) is 5.52 Å². The third-order valence-electron chi connectivity index (χ3n) is 3.55. The van der Waals surface area contributed by atoms with Crippen molar-refractivity contribution in [2.75, 3.05) is 38.0 Å². The van der Waals surface area contributed by atoms with Crippen LogP contribution in [0, 0.1) is 0 Å². The fourth-order valence-corrected chi connectivity index (χ4v) is 3.37. The number of hydrogen-bond acceptors (Lipinski definition) is 4. The molecule has 4 nitrogen and oxygen atoms in total. The summed E-state index contributed by atoms with van der Waals surface area (Å²) in [7, 11) is 7.76. The van der Waals surface area contributed by atoms with Crippen LogP contribution in [0.15, 0.2) is 24.4 Å². The van der Waals surface area contributed by atoms with E-state index in [4.69, 9.17) is 28.2 Å². The number of rotatable bonds is 2. The van der Waals surface area contributed by atoms with E-state index in [1.807, 2.05) is 56.2 Å². The van der Waals surface area contributed by atoms with Gasteiger partial charge in [0, 0.05) is 45.2 Å². The number of aromatic nitrogens is 2. The van der Waals surface area contributed by atoms with E-state index in [0.29, 0.717) is 10.0 Å². The maximum absolute atomic E-state index is 6.67. The molecule has 0 spiro atoms. The van der Waals surface area contributed by atoms with Crippen molar-refractivity contribution in [1.29, 1.82) is 0 Å². The molecule has 0 aliphatic carbocycles. The Morgan fingerprint density at radius 2 is 1.73 bits per heavy atom. The van der Waals surface area contributed by atoms with Gasteiger partial charge in [0.15, 0.2) is 5.82 Å². The van der Waals surface area contributed by atoms with Crippen molar-refractivity contribution >= 4 is 56.5 Å². The highest BCUT2D eigenvalue weighted by Gasteiger charge is 2.20. The van der Waals surface area contributed by atoms with E-state index in [1.54, 1.807) is 6.20 Å². The summed E-state index contributed by atoms with van der Waals surface area (Å²) < 4.78 is 0. The normalized spacial score (nSPS) is 11.2. The zero-order valence-electron chi connectivity index (χ0n) is 12.9. The zero-order chi connectivity index (χ0) is 16.0. The Morgan fingerprint density at radius 1 is 1.00 bits per heavy atom. The maximum atomic E-state index is 6.67. The van der Waals surface area contributed by atoms with Gasteiger partial charge in [-0.3, -0.25) is 4.98 Å². The molecule has 2 aromatic heterocycles. The third kappa shape index (κ3) is 2.23. The number of nitrogens with zero attached hydrogens (tertiary/aromatic N) is 4. The highest BCUT2D eigenvalue weighted by molar-refractivity contribution is 6.45. The van der Waals surface area contributed by atoms with Crippen LogP contribution in [0.25, 0.3) is 21.8 Å². The Labute approximate surface area is 139 Å². The zero-order valence-corrected chi connectivity index (χ0v) is 14.4. The summed E-state index contributed by atoms with van der Waals surface area (Å²) in [5, 5.41) is 2.87. The smallest absolute Gasteiger partial charge is 0.154 e. The Morgan fingerprint density at radius 3 is 2.36 bits per heavy atom. The lowest BCUT2D eigenvalue weighted by atomic mass is 10.1. The Hall–Kier alpha value is -1.78. The Bertz CT molecular complexity index is 875. The minimum atomic E-state index is 0.585. The molecule has 0 saturated carbocycles. The van der Waals surface area contributed by atoms with Crippen molar-refractivity contribution in [3.8, 4) is 0 Å². The van der Waals surface area contributed by atoms with E-state index in [2.05, 4.69) is 4.98 Å². The van der Waals surface area contributed by atoms with E-state index < -0.39 is 0 Å². The van der Waals surface area contributed by atoms with Gasteiger partial charge < -0.3 is 9.80 Å². The van der Waals surface area contributed by atoms with Gasteiger partial charge in [-0.1, -0.05) is 29.3 Å². The minimum Gasteiger partial charge on any atom is -0.373 e. The lowest BCUT2D eigenvalue weighted by Crippen LogP contribution is -2.19. The van der Waals surface area contributed by atoms with Gasteiger partial charge in [0.05, 0.1) is 21.2 Å².